The molecule has 2 fully saturated rings. The zero-order chi connectivity index (χ0) is 36.4. The van der Waals surface area contributed by atoms with Crippen molar-refractivity contribution in [3.63, 3.8) is 0 Å². The third-order valence-electron chi connectivity index (χ3n) is 12.8. The molecule has 8 rings (SSSR count). The Kier molecular flexibility index (Phi) is 8.69. The lowest BCUT2D eigenvalue weighted by atomic mass is 9.80. The number of aromatic nitrogens is 4. The van der Waals surface area contributed by atoms with E-state index in [1.807, 2.05) is 73.5 Å². The number of carboxylic acids is 1. The third kappa shape index (κ3) is 5.87. The summed E-state index contributed by atoms with van der Waals surface area (Å²) in [5.74, 6) is -0.511. The number of anilines is 1. The van der Waals surface area contributed by atoms with Crippen molar-refractivity contribution < 1.29 is 19.1 Å². The van der Waals surface area contributed by atoms with E-state index in [4.69, 9.17) is 4.98 Å². The highest BCUT2D eigenvalue weighted by atomic mass is 19.1. The standard InChI is InChI=1S/C41H48FN7O3/c1-25-27(21-30(42)36-44-32-22-43-18-11-34(32)47(36)3)7-5-8-28(25)29-9-6-10-31(26(29)2)46-38(50)37-45-33-23-49(19-12-35(33)48(37)4)20-17-40-13-15-41(24-40,16-14-40)39(51)52/h5-10,21,43H,11-20,22-24H2,1-4H3,(H,46,50)(H,51,52)/b30-21-. The van der Waals surface area contributed by atoms with Crippen molar-refractivity contribution in [2.24, 2.45) is 24.9 Å². The third-order valence-corrected chi connectivity index (χ3v) is 12.8. The summed E-state index contributed by atoms with van der Waals surface area (Å²) >= 11 is 0. The minimum absolute atomic E-state index is 0.157. The maximum absolute atomic E-state index is 15.7. The van der Waals surface area contributed by atoms with E-state index in [1.165, 1.54) is 0 Å². The number of carboxylic acid groups (broad SMARTS) is 1. The molecule has 0 spiro atoms. The van der Waals surface area contributed by atoms with Crippen LogP contribution in [0, 0.1) is 24.7 Å². The van der Waals surface area contributed by atoms with Crippen LogP contribution in [0.1, 0.15) is 94.4 Å². The summed E-state index contributed by atoms with van der Waals surface area (Å²) in [7, 11) is 3.79. The van der Waals surface area contributed by atoms with Gasteiger partial charge in [0.25, 0.3) is 5.91 Å². The molecule has 2 aliphatic carbocycles. The van der Waals surface area contributed by atoms with Crippen LogP contribution in [0.3, 0.4) is 0 Å². The number of imidazole rings is 2. The fourth-order valence-electron chi connectivity index (χ4n) is 9.54. The number of hydrogen-bond donors (Lipinski definition) is 3. The van der Waals surface area contributed by atoms with Crippen LogP contribution < -0.4 is 10.6 Å². The van der Waals surface area contributed by atoms with E-state index >= 15 is 4.39 Å². The largest absolute Gasteiger partial charge is 0.481 e. The number of rotatable bonds is 9. The minimum atomic E-state index is -0.614. The summed E-state index contributed by atoms with van der Waals surface area (Å²) < 4.78 is 19.5. The van der Waals surface area contributed by atoms with Crippen LogP contribution >= 0.6 is 0 Å². The van der Waals surface area contributed by atoms with Crippen molar-refractivity contribution >= 4 is 29.5 Å². The molecule has 0 saturated heterocycles. The molecular weight excluding hydrogens is 657 g/mol. The number of nitrogens with one attached hydrogen (secondary N) is 2. The molecular formula is C41H48FN7O3. The number of nitrogens with zero attached hydrogens (tertiary/aromatic N) is 5. The molecule has 1 amide bonds. The van der Waals surface area contributed by atoms with E-state index in [-0.39, 0.29) is 17.1 Å². The highest BCUT2D eigenvalue weighted by Crippen LogP contribution is 2.63. The fraction of sp³-hybridized carbons (Fsp3) is 0.463. The number of benzene rings is 2. The number of halogens is 1. The van der Waals surface area contributed by atoms with Crippen LogP contribution in [0.5, 0.6) is 0 Å². The van der Waals surface area contributed by atoms with Gasteiger partial charge in [0.15, 0.2) is 17.5 Å². The Balaban J connectivity index is 0.970. The zero-order valence-corrected chi connectivity index (χ0v) is 30.6. The topological polar surface area (TPSA) is 117 Å². The summed E-state index contributed by atoms with van der Waals surface area (Å²) in [5, 5.41) is 16.3. The van der Waals surface area contributed by atoms with E-state index in [0.29, 0.717) is 30.4 Å². The average Bonchev–Trinajstić information content (AvgIpc) is 3.90. The lowest BCUT2D eigenvalue weighted by Crippen LogP contribution is -2.34. The smallest absolute Gasteiger partial charge is 0.309 e. The van der Waals surface area contributed by atoms with Crippen LogP contribution in [0.4, 0.5) is 10.1 Å². The average molecular weight is 706 g/mol. The molecule has 0 atom stereocenters. The molecule has 10 nitrogen and oxygen atoms in total. The maximum Gasteiger partial charge on any atom is 0.309 e. The summed E-state index contributed by atoms with van der Waals surface area (Å²) in [5.41, 5.74) is 8.93. The molecule has 52 heavy (non-hydrogen) atoms. The molecule has 2 aromatic carbocycles. The SMILES string of the molecule is Cc1c(/C=C(\F)c2nc3c(n2C)CCNC3)cccc1-c1cccc(NC(=O)c2nc3c(n2C)CCN(CCC24CCC(C(=O)O)(CC2)C4)C3)c1C. The van der Waals surface area contributed by atoms with Gasteiger partial charge in [0.1, 0.15) is 0 Å². The van der Waals surface area contributed by atoms with Gasteiger partial charge in [-0.3, -0.25) is 14.5 Å². The number of carbonyl (C=O) groups is 2. The van der Waals surface area contributed by atoms with Gasteiger partial charge in [-0.25, -0.2) is 14.4 Å². The first kappa shape index (κ1) is 34.5. The second-order valence-corrected chi connectivity index (χ2v) is 15.7. The quantitative estimate of drug-likeness (QED) is 0.180. The summed E-state index contributed by atoms with van der Waals surface area (Å²) in [4.78, 5) is 37.6. The van der Waals surface area contributed by atoms with Crippen LogP contribution in [-0.2, 0) is 44.8 Å². The molecule has 2 saturated carbocycles. The molecule has 3 N–H and O–H groups in total. The molecule has 2 bridgehead atoms. The predicted molar refractivity (Wildman–Crippen MR) is 199 cm³/mol. The Bertz CT molecular complexity index is 2120. The molecule has 11 heteroatoms. The highest BCUT2D eigenvalue weighted by molar-refractivity contribution is 6.03. The highest BCUT2D eigenvalue weighted by Gasteiger charge is 2.57. The van der Waals surface area contributed by atoms with Gasteiger partial charge in [0, 0.05) is 70.2 Å². The van der Waals surface area contributed by atoms with Gasteiger partial charge in [-0.05, 0) is 104 Å². The fourth-order valence-corrected chi connectivity index (χ4v) is 9.54. The van der Waals surface area contributed by atoms with E-state index in [2.05, 4.69) is 20.5 Å². The van der Waals surface area contributed by atoms with E-state index in [1.54, 1.807) is 6.08 Å². The summed E-state index contributed by atoms with van der Waals surface area (Å²) in [6, 6.07) is 11.8. The van der Waals surface area contributed by atoms with E-state index < -0.39 is 11.4 Å². The predicted octanol–water partition coefficient (Wildman–Crippen LogP) is 6.59. The number of carbonyl (C=O) groups excluding carboxylic acids is 1. The number of fused-ring (bicyclic) bond motifs is 4. The first-order valence-corrected chi connectivity index (χ1v) is 18.6. The molecule has 272 valence electrons. The van der Waals surface area contributed by atoms with E-state index in [9.17, 15) is 14.7 Å². The zero-order valence-electron chi connectivity index (χ0n) is 30.6. The van der Waals surface area contributed by atoms with Gasteiger partial charge < -0.3 is 24.9 Å². The monoisotopic (exact) mass is 705 g/mol. The second kappa shape index (κ2) is 13.1. The Morgan fingerprint density at radius 1 is 0.942 bits per heavy atom. The molecule has 4 heterocycles. The Labute approximate surface area is 304 Å². The van der Waals surface area contributed by atoms with Crippen molar-refractivity contribution in [1.29, 1.82) is 0 Å². The van der Waals surface area contributed by atoms with Gasteiger partial charge in [-0.2, -0.15) is 0 Å². The first-order chi connectivity index (χ1) is 25.0. The van der Waals surface area contributed by atoms with Crippen molar-refractivity contribution in [3.05, 3.63) is 87.5 Å². The van der Waals surface area contributed by atoms with Crippen molar-refractivity contribution in [1.82, 2.24) is 29.3 Å². The maximum atomic E-state index is 15.7. The van der Waals surface area contributed by atoms with Crippen molar-refractivity contribution in [2.75, 3.05) is 25.0 Å². The second-order valence-electron chi connectivity index (χ2n) is 15.7. The molecule has 0 radical (unpaired) electrons. The molecule has 4 aliphatic rings. The van der Waals surface area contributed by atoms with Gasteiger partial charge >= 0.3 is 5.97 Å². The molecule has 2 aromatic heterocycles. The Morgan fingerprint density at radius 3 is 2.37 bits per heavy atom. The van der Waals surface area contributed by atoms with Gasteiger partial charge in [-0.15, -0.1) is 0 Å². The lowest BCUT2D eigenvalue weighted by Gasteiger charge is -2.32. The molecule has 4 aromatic rings. The van der Waals surface area contributed by atoms with Crippen LogP contribution in [-0.4, -0.2) is 60.6 Å². The Hall–Kier alpha value is -4.61. The molecule has 0 unspecified atom stereocenters. The number of aliphatic carboxylic acids is 1. The van der Waals surface area contributed by atoms with Gasteiger partial charge in [-0.1, -0.05) is 30.3 Å². The van der Waals surface area contributed by atoms with Gasteiger partial charge in [0.2, 0.25) is 0 Å². The summed E-state index contributed by atoms with van der Waals surface area (Å²) in [6.07, 6.45) is 8.69. The lowest BCUT2D eigenvalue weighted by molar-refractivity contribution is -0.148. The number of amides is 1. The first-order valence-electron chi connectivity index (χ1n) is 18.6. The Morgan fingerprint density at radius 2 is 1.63 bits per heavy atom. The van der Waals surface area contributed by atoms with Gasteiger partial charge in [0.05, 0.1) is 16.8 Å². The molecule has 2 aliphatic heterocycles. The van der Waals surface area contributed by atoms with Crippen LogP contribution in [0.2, 0.25) is 0 Å². The van der Waals surface area contributed by atoms with Crippen LogP contribution in [0.25, 0.3) is 23.0 Å². The minimum Gasteiger partial charge on any atom is -0.481 e. The van der Waals surface area contributed by atoms with Crippen molar-refractivity contribution in [2.45, 2.75) is 78.3 Å². The van der Waals surface area contributed by atoms with Crippen molar-refractivity contribution in [3.8, 4) is 11.1 Å². The van der Waals surface area contributed by atoms with E-state index in [0.717, 1.165) is 122 Å². The normalized spacial score (nSPS) is 22.8. The number of hydrogen-bond acceptors (Lipinski definition) is 6. The summed E-state index contributed by atoms with van der Waals surface area (Å²) in [6.45, 7) is 8.02. The van der Waals surface area contributed by atoms with Crippen LogP contribution in [0.15, 0.2) is 36.4 Å².